The highest BCUT2D eigenvalue weighted by Crippen LogP contribution is 2.55. The van der Waals surface area contributed by atoms with Crippen molar-refractivity contribution in [1.82, 2.24) is 15.5 Å². The fourth-order valence-electron chi connectivity index (χ4n) is 5.07. The number of aryl methyl sites for hydroxylation is 2. The van der Waals surface area contributed by atoms with E-state index in [0.29, 0.717) is 11.4 Å². The van der Waals surface area contributed by atoms with Crippen molar-refractivity contribution in [1.29, 1.82) is 0 Å². The molecule has 1 aromatic carbocycles. The minimum absolute atomic E-state index is 0.0891. The highest BCUT2D eigenvalue weighted by molar-refractivity contribution is 5.92. The average molecular weight is 421 g/mol. The first kappa shape index (κ1) is 22.7. The van der Waals surface area contributed by atoms with Gasteiger partial charge in [-0.1, -0.05) is 41.5 Å². The van der Waals surface area contributed by atoms with Gasteiger partial charge in [-0.3, -0.25) is 4.79 Å². The van der Waals surface area contributed by atoms with E-state index in [1.54, 1.807) is 6.07 Å². The van der Waals surface area contributed by atoms with Gasteiger partial charge in [0.05, 0.1) is 12.3 Å². The standard InChI is InChI=1S/C25H32N4O2/c1-14(2)18-10-11-19(29-28-18)21(30)27-22-24(5,6)23(25(22,7)8)31-17-12-15(3)20(26-9)16(4)13-17/h10-14,22-23H,1-8H3,(H,27,30). The number of aromatic nitrogens is 2. The molecule has 1 aromatic heterocycles. The van der Waals surface area contributed by atoms with Crippen molar-refractivity contribution in [2.45, 2.75) is 73.5 Å². The van der Waals surface area contributed by atoms with Gasteiger partial charge in [-0.05, 0) is 55.2 Å². The maximum absolute atomic E-state index is 12.8. The first-order chi connectivity index (χ1) is 14.4. The lowest BCUT2D eigenvalue weighted by atomic mass is 9.49. The van der Waals surface area contributed by atoms with Crippen molar-refractivity contribution < 1.29 is 9.53 Å². The SMILES string of the molecule is [C-]#[N+]c1c(C)cc(OC2C(C)(C)C(NC(=O)c3ccc(C(C)C)nn3)C2(C)C)cc1C. The zero-order valence-corrected chi connectivity index (χ0v) is 19.7. The maximum Gasteiger partial charge on any atom is 0.272 e. The molecule has 31 heavy (non-hydrogen) atoms. The van der Waals surface area contributed by atoms with Crippen LogP contribution < -0.4 is 10.1 Å². The van der Waals surface area contributed by atoms with Gasteiger partial charge < -0.3 is 10.1 Å². The summed E-state index contributed by atoms with van der Waals surface area (Å²) in [6.45, 7) is 23.7. The van der Waals surface area contributed by atoms with Gasteiger partial charge >= 0.3 is 0 Å². The van der Waals surface area contributed by atoms with Crippen LogP contribution in [-0.2, 0) is 0 Å². The normalized spacial score (nSPS) is 21.2. The van der Waals surface area contributed by atoms with Gasteiger partial charge in [0.25, 0.3) is 5.91 Å². The lowest BCUT2D eigenvalue weighted by Crippen LogP contribution is -2.74. The molecule has 6 heteroatoms. The van der Waals surface area contributed by atoms with E-state index in [9.17, 15) is 4.79 Å². The molecule has 164 valence electrons. The van der Waals surface area contributed by atoms with Crippen LogP contribution in [0, 0.1) is 31.2 Å². The molecular weight excluding hydrogens is 388 g/mol. The van der Waals surface area contributed by atoms with Crippen LogP contribution in [0.5, 0.6) is 5.75 Å². The number of carbonyl (C=O) groups is 1. The van der Waals surface area contributed by atoms with Crippen molar-refractivity contribution in [3.63, 3.8) is 0 Å². The van der Waals surface area contributed by atoms with Crippen LogP contribution >= 0.6 is 0 Å². The molecule has 6 nitrogen and oxygen atoms in total. The number of ether oxygens (including phenoxy) is 1. The quantitative estimate of drug-likeness (QED) is 0.660. The average Bonchev–Trinajstić information content (AvgIpc) is 2.69. The second kappa shape index (κ2) is 7.96. The molecule has 1 heterocycles. The monoisotopic (exact) mass is 420 g/mol. The third kappa shape index (κ3) is 4.01. The molecule has 2 aromatic rings. The maximum atomic E-state index is 12.8. The summed E-state index contributed by atoms with van der Waals surface area (Å²) in [7, 11) is 0. The molecule has 0 atom stereocenters. The second-order valence-corrected chi connectivity index (χ2v) is 10.1. The Hall–Kier alpha value is -2.94. The van der Waals surface area contributed by atoms with Crippen molar-refractivity contribution >= 4 is 11.6 Å². The third-order valence-electron chi connectivity index (χ3n) is 6.45. The Morgan fingerprint density at radius 2 is 1.68 bits per heavy atom. The number of nitrogens with one attached hydrogen (secondary N) is 1. The topological polar surface area (TPSA) is 68.5 Å². The Labute approximate surface area is 185 Å². The number of hydrogen-bond acceptors (Lipinski definition) is 4. The third-order valence-corrected chi connectivity index (χ3v) is 6.45. The van der Waals surface area contributed by atoms with Crippen molar-refractivity contribution in [2.75, 3.05) is 0 Å². The van der Waals surface area contributed by atoms with E-state index in [2.05, 4.69) is 48.1 Å². The Balaban J connectivity index is 1.77. The molecule has 3 rings (SSSR count). The Kier molecular flexibility index (Phi) is 5.84. The molecule has 0 radical (unpaired) electrons. The summed E-state index contributed by atoms with van der Waals surface area (Å²) in [5.74, 6) is 0.803. The molecule has 1 fully saturated rings. The van der Waals surface area contributed by atoms with E-state index in [4.69, 9.17) is 11.3 Å². The van der Waals surface area contributed by atoms with Crippen LogP contribution in [0.25, 0.3) is 4.85 Å². The summed E-state index contributed by atoms with van der Waals surface area (Å²) in [6, 6.07) is 7.34. The Morgan fingerprint density at radius 1 is 1.10 bits per heavy atom. The fraction of sp³-hybridized carbons (Fsp3) is 0.520. The van der Waals surface area contributed by atoms with Gasteiger partial charge in [0, 0.05) is 16.9 Å². The predicted molar refractivity (Wildman–Crippen MR) is 122 cm³/mol. The summed E-state index contributed by atoms with van der Waals surface area (Å²) in [4.78, 5) is 16.5. The van der Waals surface area contributed by atoms with Crippen LogP contribution in [0.3, 0.4) is 0 Å². The molecule has 0 bridgehead atoms. The molecule has 1 saturated carbocycles. The van der Waals surface area contributed by atoms with Crippen LogP contribution in [-0.4, -0.2) is 28.3 Å². The van der Waals surface area contributed by atoms with E-state index in [1.165, 1.54) is 0 Å². The van der Waals surface area contributed by atoms with E-state index in [0.717, 1.165) is 22.6 Å². The Bertz CT molecular complexity index is 993. The zero-order valence-electron chi connectivity index (χ0n) is 19.7. The van der Waals surface area contributed by atoms with Crippen LogP contribution in [0.15, 0.2) is 24.3 Å². The lowest BCUT2D eigenvalue weighted by molar-refractivity contribution is -0.164. The van der Waals surface area contributed by atoms with Crippen LogP contribution in [0.2, 0.25) is 0 Å². The minimum Gasteiger partial charge on any atom is -0.489 e. The minimum atomic E-state index is -0.287. The van der Waals surface area contributed by atoms with E-state index in [-0.39, 0.29) is 34.8 Å². The Morgan fingerprint density at radius 3 is 2.13 bits per heavy atom. The van der Waals surface area contributed by atoms with Crippen molar-refractivity contribution in [3.8, 4) is 5.75 Å². The number of rotatable bonds is 5. The summed E-state index contributed by atoms with van der Waals surface area (Å²) in [5.41, 5.74) is 3.11. The van der Waals surface area contributed by atoms with Gasteiger partial charge in [-0.25, -0.2) is 4.85 Å². The van der Waals surface area contributed by atoms with Crippen molar-refractivity contribution in [3.05, 3.63) is 58.2 Å². The predicted octanol–water partition coefficient (Wildman–Crippen LogP) is 5.38. The highest BCUT2D eigenvalue weighted by Gasteiger charge is 2.64. The van der Waals surface area contributed by atoms with Crippen LogP contribution in [0.1, 0.15) is 74.8 Å². The summed E-state index contributed by atoms with van der Waals surface area (Å²) < 4.78 is 6.42. The van der Waals surface area contributed by atoms with E-state index < -0.39 is 0 Å². The van der Waals surface area contributed by atoms with Gasteiger partial charge in [-0.15, -0.1) is 5.10 Å². The second-order valence-electron chi connectivity index (χ2n) is 10.1. The molecule has 1 aliphatic carbocycles. The van der Waals surface area contributed by atoms with Crippen LogP contribution in [0.4, 0.5) is 5.69 Å². The zero-order chi connectivity index (χ0) is 23.1. The molecule has 0 spiro atoms. The molecule has 1 aliphatic rings. The van der Waals surface area contributed by atoms with Crippen molar-refractivity contribution in [2.24, 2.45) is 10.8 Å². The summed E-state index contributed by atoms with van der Waals surface area (Å²) >= 11 is 0. The van der Waals surface area contributed by atoms with E-state index >= 15 is 0 Å². The number of carbonyl (C=O) groups excluding carboxylic acids is 1. The first-order valence-corrected chi connectivity index (χ1v) is 10.7. The number of hydrogen-bond donors (Lipinski definition) is 1. The molecule has 1 N–H and O–H groups in total. The van der Waals surface area contributed by atoms with Gasteiger partial charge in [0.2, 0.25) is 0 Å². The fourth-order valence-corrected chi connectivity index (χ4v) is 5.07. The molecule has 0 unspecified atom stereocenters. The summed E-state index contributed by atoms with van der Waals surface area (Å²) in [6.07, 6.45) is -0.0997. The molecular formula is C25H32N4O2. The van der Waals surface area contributed by atoms with Gasteiger partial charge in [-0.2, -0.15) is 5.10 Å². The molecule has 0 aliphatic heterocycles. The van der Waals surface area contributed by atoms with Gasteiger partial charge in [0.1, 0.15) is 11.9 Å². The largest absolute Gasteiger partial charge is 0.489 e. The lowest BCUT2D eigenvalue weighted by Gasteiger charge is -2.63. The smallest absolute Gasteiger partial charge is 0.272 e. The summed E-state index contributed by atoms with van der Waals surface area (Å²) in [5, 5.41) is 11.4. The van der Waals surface area contributed by atoms with Gasteiger partial charge in [0.15, 0.2) is 11.4 Å². The number of amides is 1. The van der Waals surface area contributed by atoms with E-state index in [1.807, 2.05) is 45.9 Å². The highest BCUT2D eigenvalue weighted by atomic mass is 16.5. The molecule has 1 amide bonds. The number of benzene rings is 1. The molecule has 0 saturated heterocycles. The number of nitrogens with zero attached hydrogens (tertiary/aromatic N) is 3. The first-order valence-electron chi connectivity index (χ1n) is 10.7.